The number of H-pyrrole nitrogens is 1. The van der Waals surface area contributed by atoms with Crippen LogP contribution in [0.3, 0.4) is 0 Å². The third kappa shape index (κ3) is 2.27. The van der Waals surface area contributed by atoms with Gasteiger partial charge in [0.05, 0.1) is 24.6 Å². The molecule has 0 spiro atoms. The highest BCUT2D eigenvalue weighted by atomic mass is 16.5. The number of hydrogen-bond donors (Lipinski definition) is 1. The molecule has 0 bridgehead atoms. The van der Waals surface area contributed by atoms with Crippen molar-refractivity contribution in [3.63, 3.8) is 0 Å². The van der Waals surface area contributed by atoms with E-state index < -0.39 is 0 Å². The number of benzene rings is 1. The first-order valence-electron chi connectivity index (χ1n) is 5.96. The summed E-state index contributed by atoms with van der Waals surface area (Å²) in [6.45, 7) is 2.14. The molecule has 1 N–H and O–H groups in total. The number of aromatic nitrogens is 2. The van der Waals surface area contributed by atoms with Crippen LogP contribution in [0.5, 0.6) is 5.75 Å². The fourth-order valence-corrected chi connectivity index (χ4v) is 2.00. The van der Waals surface area contributed by atoms with Gasteiger partial charge in [-0.2, -0.15) is 5.10 Å². The Labute approximate surface area is 106 Å². The monoisotopic (exact) mass is 244 g/mol. The van der Waals surface area contributed by atoms with Crippen LogP contribution >= 0.6 is 0 Å². The van der Waals surface area contributed by atoms with E-state index in [1.165, 1.54) is 11.8 Å². The lowest BCUT2D eigenvalue weighted by molar-refractivity contribution is 0.112. The van der Waals surface area contributed by atoms with Gasteiger partial charge in [0.1, 0.15) is 5.75 Å². The van der Waals surface area contributed by atoms with E-state index in [1.54, 1.807) is 7.11 Å². The van der Waals surface area contributed by atoms with E-state index in [-0.39, 0.29) is 0 Å². The topological polar surface area (TPSA) is 55.0 Å². The zero-order valence-electron chi connectivity index (χ0n) is 10.6. The van der Waals surface area contributed by atoms with Gasteiger partial charge in [0, 0.05) is 5.56 Å². The Balaban J connectivity index is 2.53. The van der Waals surface area contributed by atoms with E-state index in [4.69, 9.17) is 4.74 Å². The maximum atomic E-state index is 11.0. The number of ether oxygens (including phenoxy) is 1. The molecular weight excluding hydrogens is 228 g/mol. The number of aromatic amines is 1. The van der Waals surface area contributed by atoms with E-state index >= 15 is 0 Å². The number of rotatable bonds is 5. The third-order valence-electron chi connectivity index (χ3n) is 2.87. The minimum atomic E-state index is 0.543. The number of methoxy groups -OCH3 is 1. The first kappa shape index (κ1) is 12.4. The summed E-state index contributed by atoms with van der Waals surface area (Å²) in [6, 6.07) is 6.02. The largest absolute Gasteiger partial charge is 0.496 e. The van der Waals surface area contributed by atoms with Crippen molar-refractivity contribution in [1.29, 1.82) is 0 Å². The van der Waals surface area contributed by atoms with E-state index in [1.807, 2.05) is 18.2 Å². The highest BCUT2D eigenvalue weighted by Gasteiger charge is 2.12. The maximum Gasteiger partial charge on any atom is 0.153 e. The van der Waals surface area contributed by atoms with Gasteiger partial charge in [0.25, 0.3) is 0 Å². The lowest BCUT2D eigenvalue weighted by atomic mass is 10.0. The maximum absolute atomic E-state index is 11.0. The minimum absolute atomic E-state index is 0.543. The van der Waals surface area contributed by atoms with Crippen LogP contribution in [0.15, 0.2) is 24.4 Å². The number of nitrogens with zero attached hydrogens (tertiary/aromatic N) is 1. The van der Waals surface area contributed by atoms with Crippen molar-refractivity contribution in [1.82, 2.24) is 10.2 Å². The standard InChI is InChI=1S/C14H16N2O2/c1-3-4-10-5-6-13(18-2)12(7-10)14-11(9-17)8-15-16-14/h5-9H,3-4H2,1-2H3,(H,15,16). The van der Waals surface area contributed by atoms with Crippen molar-refractivity contribution in [2.24, 2.45) is 0 Å². The molecular formula is C14H16N2O2. The van der Waals surface area contributed by atoms with E-state index in [2.05, 4.69) is 17.1 Å². The second-order valence-electron chi connectivity index (χ2n) is 4.10. The number of aryl methyl sites for hydroxylation is 1. The Morgan fingerprint density at radius 2 is 2.28 bits per heavy atom. The molecule has 0 saturated carbocycles. The Morgan fingerprint density at radius 1 is 1.44 bits per heavy atom. The van der Waals surface area contributed by atoms with Crippen molar-refractivity contribution in [2.75, 3.05) is 7.11 Å². The molecule has 1 aromatic heterocycles. The SMILES string of the molecule is CCCc1ccc(OC)c(-c2[nH]ncc2C=O)c1. The van der Waals surface area contributed by atoms with Crippen LogP contribution in [0.25, 0.3) is 11.3 Å². The molecule has 1 aromatic carbocycles. The van der Waals surface area contributed by atoms with Gasteiger partial charge in [-0.1, -0.05) is 19.4 Å². The Hall–Kier alpha value is -2.10. The summed E-state index contributed by atoms with van der Waals surface area (Å²) in [6.07, 6.45) is 4.40. The molecule has 18 heavy (non-hydrogen) atoms. The quantitative estimate of drug-likeness (QED) is 0.823. The summed E-state index contributed by atoms with van der Waals surface area (Å²) in [4.78, 5) is 11.0. The summed E-state index contributed by atoms with van der Waals surface area (Å²) in [5, 5.41) is 6.76. The lowest BCUT2D eigenvalue weighted by Gasteiger charge is -2.09. The number of nitrogens with one attached hydrogen (secondary N) is 1. The fourth-order valence-electron chi connectivity index (χ4n) is 2.00. The van der Waals surface area contributed by atoms with Crippen LogP contribution in [-0.4, -0.2) is 23.6 Å². The van der Waals surface area contributed by atoms with Crippen LogP contribution in [-0.2, 0) is 6.42 Å². The second kappa shape index (κ2) is 5.49. The molecule has 0 radical (unpaired) electrons. The lowest BCUT2D eigenvalue weighted by Crippen LogP contribution is -1.93. The van der Waals surface area contributed by atoms with Crippen LogP contribution in [0.4, 0.5) is 0 Å². The van der Waals surface area contributed by atoms with Crippen LogP contribution in [0.1, 0.15) is 29.3 Å². The summed E-state index contributed by atoms with van der Waals surface area (Å²) < 4.78 is 5.34. The van der Waals surface area contributed by atoms with Crippen LogP contribution in [0, 0.1) is 0 Å². The molecule has 0 saturated heterocycles. The van der Waals surface area contributed by atoms with Gasteiger partial charge in [-0.15, -0.1) is 0 Å². The van der Waals surface area contributed by atoms with Crippen LogP contribution < -0.4 is 4.74 Å². The Bertz CT molecular complexity index is 546. The van der Waals surface area contributed by atoms with Crippen LogP contribution in [0.2, 0.25) is 0 Å². The molecule has 4 heteroatoms. The molecule has 94 valence electrons. The molecule has 1 heterocycles. The second-order valence-corrected chi connectivity index (χ2v) is 4.10. The van der Waals surface area contributed by atoms with E-state index in [0.29, 0.717) is 11.3 Å². The molecule has 0 unspecified atom stereocenters. The summed E-state index contributed by atoms with van der Waals surface area (Å²) >= 11 is 0. The molecule has 0 atom stereocenters. The molecule has 0 aliphatic heterocycles. The van der Waals surface area contributed by atoms with Crippen molar-refractivity contribution < 1.29 is 9.53 Å². The molecule has 0 fully saturated rings. The van der Waals surface area contributed by atoms with Crippen molar-refractivity contribution in [3.05, 3.63) is 35.5 Å². The predicted octanol–water partition coefficient (Wildman–Crippen LogP) is 2.85. The number of hydrogen-bond acceptors (Lipinski definition) is 3. The molecule has 0 amide bonds. The molecule has 4 nitrogen and oxygen atoms in total. The van der Waals surface area contributed by atoms with Gasteiger partial charge in [0.2, 0.25) is 0 Å². The molecule has 2 rings (SSSR count). The highest BCUT2D eigenvalue weighted by molar-refractivity contribution is 5.87. The first-order valence-corrected chi connectivity index (χ1v) is 5.96. The first-order chi connectivity index (χ1) is 8.80. The summed E-state index contributed by atoms with van der Waals surface area (Å²) in [5.74, 6) is 0.738. The van der Waals surface area contributed by atoms with Crippen molar-refractivity contribution in [3.8, 4) is 17.0 Å². The van der Waals surface area contributed by atoms with Gasteiger partial charge in [-0.05, 0) is 24.1 Å². The van der Waals surface area contributed by atoms with Crippen molar-refractivity contribution in [2.45, 2.75) is 19.8 Å². The number of carbonyl (C=O) groups excluding carboxylic acids is 1. The zero-order valence-corrected chi connectivity index (χ0v) is 10.6. The number of carbonyl (C=O) groups is 1. The summed E-state index contributed by atoms with van der Waals surface area (Å²) in [5.41, 5.74) is 3.35. The zero-order chi connectivity index (χ0) is 13.0. The minimum Gasteiger partial charge on any atom is -0.496 e. The van der Waals surface area contributed by atoms with E-state index in [9.17, 15) is 4.79 Å². The van der Waals surface area contributed by atoms with E-state index in [0.717, 1.165) is 30.4 Å². The average molecular weight is 244 g/mol. The van der Waals surface area contributed by atoms with Gasteiger partial charge in [-0.3, -0.25) is 9.89 Å². The average Bonchev–Trinajstić information content (AvgIpc) is 2.87. The smallest absolute Gasteiger partial charge is 0.153 e. The Morgan fingerprint density at radius 3 is 2.94 bits per heavy atom. The van der Waals surface area contributed by atoms with Gasteiger partial charge < -0.3 is 4.74 Å². The molecule has 0 aliphatic rings. The molecule has 0 aliphatic carbocycles. The fraction of sp³-hybridized carbons (Fsp3) is 0.286. The third-order valence-corrected chi connectivity index (χ3v) is 2.87. The summed E-state index contributed by atoms with van der Waals surface area (Å²) in [7, 11) is 1.62. The molecule has 2 aromatic rings. The predicted molar refractivity (Wildman–Crippen MR) is 70.0 cm³/mol. The highest BCUT2D eigenvalue weighted by Crippen LogP contribution is 2.31. The van der Waals surface area contributed by atoms with Gasteiger partial charge in [-0.25, -0.2) is 0 Å². The Kier molecular flexibility index (Phi) is 3.77. The normalized spacial score (nSPS) is 10.3. The number of aldehydes is 1. The van der Waals surface area contributed by atoms with Gasteiger partial charge in [0.15, 0.2) is 6.29 Å². The van der Waals surface area contributed by atoms with Crippen molar-refractivity contribution >= 4 is 6.29 Å². The van der Waals surface area contributed by atoms with Gasteiger partial charge >= 0.3 is 0 Å².